The molecular formula is C31H34N4O5S. The number of carbonyl (C=O) groups excluding carboxylic acids is 1. The Hall–Kier alpha value is -4.57. The topological polar surface area (TPSA) is 102 Å². The third-order valence-electron chi connectivity index (χ3n) is 6.67. The lowest BCUT2D eigenvalue weighted by Crippen LogP contribution is -2.39. The van der Waals surface area contributed by atoms with E-state index < -0.39 is 22.5 Å². The summed E-state index contributed by atoms with van der Waals surface area (Å²) in [5.74, 6) is 0.0444. The van der Waals surface area contributed by atoms with E-state index in [0.717, 1.165) is 38.1 Å². The second-order valence-electron chi connectivity index (χ2n) is 9.66. The predicted molar refractivity (Wildman–Crippen MR) is 161 cm³/mol. The summed E-state index contributed by atoms with van der Waals surface area (Å²) in [7, 11) is -1.26. The van der Waals surface area contributed by atoms with Gasteiger partial charge in [0.1, 0.15) is 18.0 Å². The van der Waals surface area contributed by atoms with Gasteiger partial charge < -0.3 is 14.0 Å². The van der Waals surface area contributed by atoms with Crippen LogP contribution in [-0.4, -0.2) is 45.9 Å². The van der Waals surface area contributed by atoms with Crippen LogP contribution in [0.4, 0.5) is 5.69 Å². The third kappa shape index (κ3) is 6.44. The lowest BCUT2D eigenvalue weighted by Gasteiger charge is -2.25. The van der Waals surface area contributed by atoms with Gasteiger partial charge in [-0.1, -0.05) is 29.8 Å². The lowest BCUT2D eigenvalue weighted by atomic mass is 10.2. The van der Waals surface area contributed by atoms with Crippen LogP contribution >= 0.6 is 0 Å². The molecule has 4 aromatic rings. The number of carbonyl (C=O) groups is 1. The number of nitrogens with zero attached hydrogens (tertiary/aromatic N) is 3. The summed E-state index contributed by atoms with van der Waals surface area (Å²) in [4.78, 5) is 13.1. The lowest BCUT2D eigenvalue weighted by molar-refractivity contribution is -0.119. The number of nitrogens with one attached hydrogen (secondary N) is 1. The van der Waals surface area contributed by atoms with Gasteiger partial charge >= 0.3 is 0 Å². The van der Waals surface area contributed by atoms with E-state index in [2.05, 4.69) is 21.2 Å². The van der Waals surface area contributed by atoms with E-state index in [0.29, 0.717) is 5.75 Å². The number of hydrogen-bond acceptors (Lipinski definition) is 6. The maximum absolute atomic E-state index is 13.8. The number of benzene rings is 3. The molecular weight excluding hydrogens is 540 g/mol. The van der Waals surface area contributed by atoms with E-state index >= 15 is 0 Å². The second kappa shape index (κ2) is 12.3. The fourth-order valence-electron chi connectivity index (χ4n) is 4.55. The molecule has 0 bridgehead atoms. The summed E-state index contributed by atoms with van der Waals surface area (Å²) >= 11 is 0. The highest BCUT2D eigenvalue weighted by atomic mass is 32.2. The van der Waals surface area contributed by atoms with Crippen LogP contribution in [0.2, 0.25) is 0 Å². The number of amides is 1. The Morgan fingerprint density at radius 3 is 2.32 bits per heavy atom. The molecule has 0 radical (unpaired) electrons. The van der Waals surface area contributed by atoms with E-state index in [4.69, 9.17) is 9.47 Å². The van der Waals surface area contributed by atoms with E-state index in [9.17, 15) is 13.2 Å². The van der Waals surface area contributed by atoms with Crippen molar-refractivity contribution >= 4 is 27.8 Å². The molecule has 0 aliphatic rings. The first kappa shape index (κ1) is 29.4. The van der Waals surface area contributed by atoms with Gasteiger partial charge in [-0.05, 0) is 75.7 Å². The molecule has 4 rings (SSSR count). The van der Waals surface area contributed by atoms with Crippen molar-refractivity contribution in [1.29, 1.82) is 0 Å². The third-order valence-corrected chi connectivity index (χ3v) is 8.45. The van der Waals surface area contributed by atoms with Crippen molar-refractivity contribution in [2.75, 3.05) is 25.1 Å². The minimum absolute atomic E-state index is 0.0351. The monoisotopic (exact) mass is 574 g/mol. The molecule has 10 heteroatoms. The van der Waals surface area contributed by atoms with Crippen molar-refractivity contribution in [1.82, 2.24) is 9.99 Å². The maximum atomic E-state index is 13.8. The van der Waals surface area contributed by atoms with Gasteiger partial charge in [-0.2, -0.15) is 5.10 Å². The number of methoxy groups -OCH3 is 2. The Morgan fingerprint density at radius 2 is 1.66 bits per heavy atom. The maximum Gasteiger partial charge on any atom is 0.264 e. The van der Waals surface area contributed by atoms with Crippen LogP contribution in [0, 0.1) is 27.7 Å². The standard InChI is InChI=1S/C31H34N4O5S/c1-21-10-13-28(14-11-21)41(37,38)34(29-18-27(39-5)12-15-30(29)40-6)20-31(36)33-32-19-25-17-23(3)35(24(25)4)26-9-7-8-22(2)16-26/h7-19H,20H2,1-6H3,(H,33,36)/b32-19-. The van der Waals surface area contributed by atoms with Gasteiger partial charge in [-0.15, -0.1) is 0 Å². The summed E-state index contributed by atoms with van der Waals surface area (Å²) in [6.07, 6.45) is 1.55. The molecule has 1 aromatic heterocycles. The van der Waals surface area contributed by atoms with Crippen LogP contribution in [0.5, 0.6) is 11.5 Å². The minimum Gasteiger partial charge on any atom is -0.497 e. The molecule has 0 spiro atoms. The fourth-order valence-corrected chi connectivity index (χ4v) is 5.97. The molecule has 1 heterocycles. The molecule has 0 unspecified atom stereocenters. The quantitative estimate of drug-likeness (QED) is 0.210. The smallest absolute Gasteiger partial charge is 0.264 e. The first-order chi connectivity index (χ1) is 19.5. The highest BCUT2D eigenvalue weighted by Gasteiger charge is 2.30. The SMILES string of the molecule is COc1ccc(OC)c(N(CC(=O)N/N=C\c2cc(C)n(-c3cccc(C)c3)c2C)S(=O)(=O)c2ccc(C)cc2)c1. The van der Waals surface area contributed by atoms with E-state index in [1.165, 1.54) is 32.4 Å². The molecule has 0 aliphatic heterocycles. The summed E-state index contributed by atoms with van der Waals surface area (Å²) < 4.78 is 41.5. The van der Waals surface area contributed by atoms with Gasteiger partial charge in [-0.3, -0.25) is 9.10 Å². The molecule has 41 heavy (non-hydrogen) atoms. The first-order valence-electron chi connectivity index (χ1n) is 12.9. The highest BCUT2D eigenvalue weighted by Crippen LogP contribution is 2.35. The summed E-state index contributed by atoms with van der Waals surface area (Å²) in [5, 5.41) is 4.14. The largest absolute Gasteiger partial charge is 0.497 e. The van der Waals surface area contributed by atoms with Crippen LogP contribution in [0.1, 0.15) is 28.1 Å². The van der Waals surface area contributed by atoms with Gasteiger partial charge in [0.2, 0.25) is 0 Å². The fraction of sp³-hybridized carbons (Fsp3) is 0.226. The Kier molecular flexibility index (Phi) is 8.83. The number of ether oxygens (including phenoxy) is 2. The molecule has 0 atom stereocenters. The van der Waals surface area contributed by atoms with Gasteiger partial charge in [0.25, 0.3) is 15.9 Å². The van der Waals surface area contributed by atoms with Crippen LogP contribution in [0.25, 0.3) is 5.69 Å². The first-order valence-corrected chi connectivity index (χ1v) is 14.4. The number of anilines is 1. The van der Waals surface area contributed by atoms with Gasteiger partial charge in [0.15, 0.2) is 0 Å². The predicted octanol–water partition coefficient (Wildman–Crippen LogP) is 5.07. The van der Waals surface area contributed by atoms with Crippen molar-refractivity contribution in [2.45, 2.75) is 32.6 Å². The van der Waals surface area contributed by atoms with Crippen molar-refractivity contribution in [3.63, 3.8) is 0 Å². The van der Waals surface area contributed by atoms with Crippen molar-refractivity contribution in [2.24, 2.45) is 5.10 Å². The van der Waals surface area contributed by atoms with Crippen LogP contribution in [0.15, 0.2) is 82.8 Å². The number of hydrazone groups is 1. The average Bonchev–Trinajstić information content (AvgIpc) is 3.23. The van der Waals surface area contributed by atoms with Crippen LogP contribution in [0.3, 0.4) is 0 Å². The second-order valence-corrected chi connectivity index (χ2v) is 11.5. The Balaban J connectivity index is 1.62. The van der Waals surface area contributed by atoms with Gasteiger partial charge in [0.05, 0.1) is 31.0 Å². The number of aromatic nitrogens is 1. The van der Waals surface area contributed by atoms with Gasteiger partial charge in [0, 0.05) is 28.7 Å². The number of sulfonamides is 1. The zero-order valence-corrected chi connectivity index (χ0v) is 24.8. The Bertz CT molecular complexity index is 1690. The van der Waals surface area contributed by atoms with Crippen LogP contribution in [-0.2, 0) is 14.8 Å². The molecule has 0 aliphatic carbocycles. The Morgan fingerprint density at radius 1 is 0.927 bits per heavy atom. The molecule has 9 nitrogen and oxygen atoms in total. The molecule has 0 saturated carbocycles. The van der Waals surface area contributed by atoms with Crippen LogP contribution < -0.4 is 19.2 Å². The molecule has 1 N–H and O–H groups in total. The Labute approximate surface area is 241 Å². The average molecular weight is 575 g/mol. The molecule has 0 saturated heterocycles. The molecule has 3 aromatic carbocycles. The number of rotatable bonds is 10. The number of aryl methyl sites for hydroxylation is 3. The van der Waals surface area contributed by atoms with Gasteiger partial charge in [-0.25, -0.2) is 13.8 Å². The molecule has 1 amide bonds. The van der Waals surface area contributed by atoms with E-state index in [1.54, 1.807) is 30.5 Å². The van der Waals surface area contributed by atoms with Crippen molar-refractivity contribution < 1.29 is 22.7 Å². The summed E-state index contributed by atoms with van der Waals surface area (Å²) in [6.45, 7) is 7.34. The summed E-state index contributed by atoms with van der Waals surface area (Å²) in [6, 6.07) is 21.3. The van der Waals surface area contributed by atoms with E-state index in [-0.39, 0.29) is 16.3 Å². The molecule has 0 fully saturated rings. The minimum atomic E-state index is -4.16. The van der Waals surface area contributed by atoms with Crippen molar-refractivity contribution in [3.8, 4) is 17.2 Å². The number of hydrogen-bond donors (Lipinski definition) is 1. The van der Waals surface area contributed by atoms with E-state index in [1.807, 2.05) is 52.0 Å². The zero-order chi connectivity index (χ0) is 29.7. The normalized spacial score (nSPS) is 11.5. The summed E-state index contributed by atoms with van der Waals surface area (Å²) in [5.41, 5.74) is 8.52. The zero-order valence-electron chi connectivity index (χ0n) is 24.0. The highest BCUT2D eigenvalue weighted by molar-refractivity contribution is 7.92. The van der Waals surface area contributed by atoms with Crippen molar-refractivity contribution in [3.05, 3.63) is 101 Å². The molecule has 214 valence electrons.